The second-order valence-electron chi connectivity index (χ2n) is 21.6. The van der Waals surface area contributed by atoms with E-state index in [4.69, 9.17) is 26.1 Å². The van der Waals surface area contributed by atoms with Gasteiger partial charge in [0.15, 0.2) is 5.82 Å². The highest BCUT2D eigenvalue weighted by Gasteiger charge is 2.45. The number of carbonyl (C=O) groups is 3. The van der Waals surface area contributed by atoms with Crippen LogP contribution in [0.3, 0.4) is 0 Å². The zero-order chi connectivity index (χ0) is 53.1. The number of β-amino-alcohol motifs (C(OH)–C–C–N with tert-alkyl or cyclic N) is 1. The Morgan fingerprint density at radius 2 is 1.68 bits per heavy atom. The topological polar surface area (TPSA) is 183 Å². The number of phenolic OH excluding ortho intramolecular Hbond substituents is 1. The third kappa shape index (κ3) is 12.3. The number of carbonyl (C=O) groups excluding carboxylic acids is 3. The van der Waals surface area contributed by atoms with Gasteiger partial charge in [0.05, 0.1) is 39.9 Å². The fourth-order valence-electron chi connectivity index (χ4n) is 10.8. The number of likely N-dealkylation sites (tertiary alicyclic amines) is 2. The molecule has 0 bridgehead atoms. The molecule has 5 heterocycles. The van der Waals surface area contributed by atoms with Crippen LogP contribution in [0.25, 0.3) is 43.2 Å². The standard InChI is InChI=1S/C57H68ClFN8O7S/c1-33(74-56-63-50-44(53(64-56)66-20-10-7-11-21-66)27-45(58)48(49(50)59)43-25-40(68)24-39-12-8-9-13-42(39)43)28-65-22-18-36(19-23-65)30-73-31-47(70)62-52(57(4,5)6)55(72)67-29-41(69)26-46(67)54(71)61-34(2)37-14-16-38(17-15-37)51-35(3)60-32-75-51/h8-9,12-17,24-25,27,32-34,36,41,46,52,68-69H,7,10-11,18-23,26,28-31H2,1-6H3,(H,61,71)(H,62,70)/t33-,34+,41-,46+,52-/m1/s1. The number of ether oxygens (including phenoxy) is 2. The van der Waals surface area contributed by atoms with Crippen LogP contribution in [0.15, 0.2) is 72.2 Å². The summed E-state index contributed by atoms with van der Waals surface area (Å²) in [6, 6.07) is 18.1. The van der Waals surface area contributed by atoms with Crippen molar-refractivity contribution in [1.82, 2.24) is 35.4 Å². The number of benzene rings is 4. The summed E-state index contributed by atoms with van der Waals surface area (Å²) in [6.45, 7) is 15.1. The number of phenols is 1. The number of aliphatic hydroxyl groups excluding tert-OH is 1. The van der Waals surface area contributed by atoms with Crippen LogP contribution in [0.4, 0.5) is 10.2 Å². The van der Waals surface area contributed by atoms with Gasteiger partial charge in [-0.1, -0.05) is 80.9 Å². The molecule has 18 heteroatoms. The fraction of sp³-hybridized carbons (Fsp3) is 0.474. The zero-order valence-corrected chi connectivity index (χ0v) is 45.1. The number of hydrogen-bond acceptors (Lipinski definition) is 13. The van der Waals surface area contributed by atoms with Crippen molar-refractivity contribution < 1.29 is 38.5 Å². The smallest absolute Gasteiger partial charge is 0.319 e. The van der Waals surface area contributed by atoms with Gasteiger partial charge in [0.25, 0.3) is 0 Å². The number of nitrogens with zero attached hydrogens (tertiary/aromatic N) is 6. The Labute approximate surface area is 446 Å². The minimum absolute atomic E-state index is 0.000388. The molecule has 3 aliphatic rings. The van der Waals surface area contributed by atoms with E-state index in [1.165, 1.54) is 11.0 Å². The first-order valence-electron chi connectivity index (χ1n) is 26.1. The predicted molar refractivity (Wildman–Crippen MR) is 292 cm³/mol. The average Bonchev–Trinajstić information content (AvgIpc) is 4.00. The summed E-state index contributed by atoms with van der Waals surface area (Å²) in [4.78, 5) is 62.3. The van der Waals surface area contributed by atoms with E-state index in [0.717, 1.165) is 90.8 Å². The van der Waals surface area contributed by atoms with E-state index in [2.05, 4.69) is 30.4 Å². The number of hydrogen-bond donors (Lipinski definition) is 4. The third-order valence-corrected chi connectivity index (χ3v) is 16.1. The molecule has 3 aliphatic heterocycles. The number of amides is 3. The summed E-state index contributed by atoms with van der Waals surface area (Å²) < 4.78 is 29.4. The van der Waals surface area contributed by atoms with Crippen molar-refractivity contribution in [3.63, 3.8) is 0 Å². The zero-order valence-electron chi connectivity index (χ0n) is 43.6. The molecule has 0 aliphatic carbocycles. The van der Waals surface area contributed by atoms with Crippen LogP contribution in [0.2, 0.25) is 5.02 Å². The molecule has 9 rings (SSSR count). The molecule has 15 nitrogen and oxygen atoms in total. The quantitative estimate of drug-likeness (QED) is 0.0722. The molecule has 4 N–H and O–H groups in total. The highest BCUT2D eigenvalue weighted by molar-refractivity contribution is 7.13. The van der Waals surface area contributed by atoms with Crippen molar-refractivity contribution in [3.05, 3.63) is 94.3 Å². The minimum Gasteiger partial charge on any atom is -0.508 e. The fourth-order valence-corrected chi connectivity index (χ4v) is 11.9. The largest absolute Gasteiger partial charge is 0.508 e. The van der Waals surface area contributed by atoms with Crippen molar-refractivity contribution in [3.8, 4) is 33.3 Å². The molecule has 2 aromatic heterocycles. The molecule has 398 valence electrons. The van der Waals surface area contributed by atoms with E-state index in [-0.39, 0.29) is 71.4 Å². The lowest BCUT2D eigenvalue weighted by Gasteiger charge is -2.35. The van der Waals surface area contributed by atoms with Gasteiger partial charge in [-0.25, -0.2) is 9.37 Å². The van der Waals surface area contributed by atoms with Crippen molar-refractivity contribution in [1.29, 1.82) is 0 Å². The number of rotatable bonds is 16. The molecule has 3 fully saturated rings. The van der Waals surface area contributed by atoms with Gasteiger partial charge in [-0.2, -0.15) is 9.97 Å². The van der Waals surface area contributed by atoms with Gasteiger partial charge in [0, 0.05) is 43.5 Å². The number of fused-ring (bicyclic) bond motifs is 2. The molecule has 5 atom stereocenters. The van der Waals surface area contributed by atoms with Crippen molar-refractivity contribution in [2.75, 3.05) is 57.4 Å². The van der Waals surface area contributed by atoms with Crippen LogP contribution in [0, 0.1) is 24.1 Å². The summed E-state index contributed by atoms with van der Waals surface area (Å²) in [6.07, 6.45) is 3.59. The highest BCUT2D eigenvalue weighted by atomic mass is 35.5. The van der Waals surface area contributed by atoms with Crippen molar-refractivity contribution in [2.45, 2.75) is 110 Å². The van der Waals surface area contributed by atoms with Gasteiger partial charge in [-0.15, -0.1) is 11.3 Å². The van der Waals surface area contributed by atoms with E-state index in [1.807, 2.05) is 95.6 Å². The number of aliphatic hydroxyl groups is 1. The second kappa shape index (κ2) is 23.1. The summed E-state index contributed by atoms with van der Waals surface area (Å²) >= 11 is 8.49. The van der Waals surface area contributed by atoms with Gasteiger partial charge in [0.2, 0.25) is 17.7 Å². The van der Waals surface area contributed by atoms with Crippen LogP contribution in [0.1, 0.15) is 90.4 Å². The monoisotopic (exact) mass is 1060 g/mol. The van der Waals surface area contributed by atoms with Crippen LogP contribution in [-0.4, -0.2) is 129 Å². The van der Waals surface area contributed by atoms with E-state index in [9.17, 15) is 24.6 Å². The number of halogens is 2. The second-order valence-corrected chi connectivity index (χ2v) is 22.9. The Hall–Kier alpha value is -5.98. The highest BCUT2D eigenvalue weighted by Crippen LogP contribution is 2.43. The summed E-state index contributed by atoms with van der Waals surface area (Å²) in [5.74, 6) is -1.07. The number of aryl methyl sites for hydroxylation is 1. The molecule has 0 spiro atoms. The van der Waals surface area contributed by atoms with E-state index in [1.54, 1.807) is 23.5 Å². The summed E-state index contributed by atoms with van der Waals surface area (Å²) in [5.41, 5.74) is 4.72. The summed E-state index contributed by atoms with van der Waals surface area (Å²) in [5, 5.41) is 29.5. The molecule has 0 saturated carbocycles. The number of aromatic nitrogens is 3. The van der Waals surface area contributed by atoms with Gasteiger partial charge in [0.1, 0.15) is 41.9 Å². The molecular formula is C57H68ClFN8O7S. The Balaban J connectivity index is 0.775. The molecule has 4 aromatic carbocycles. The molecular weight excluding hydrogens is 995 g/mol. The Kier molecular flexibility index (Phi) is 16.6. The molecule has 0 radical (unpaired) electrons. The number of piperidine rings is 2. The lowest BCUT2D eigenvalue weighted by Crippen LogP contribution is -2.58. The van der Waals surface area contributed by atoms with Crippen LogP contribution < -0.4 is 20.3 Å². The molecule has 3 amide bonds. The lowest BCUT2D eigenvalue weighted by atomic mass is 9.85. The molecule has 0 unspecified atom stereocenters. The van der Waals surface area contributed by atoms with Crippen LogP contribution in [-0.2, 0) is 19.1 Å². The predicted octanol–water partition coefficient (Wildman–Crippen LogP) is 9.24. The number of anilines is 1. The Bertz CT molecular complexity index is 3030. The van der Waals surface area contributed by atoms with Gasteiger partial charge in [-0.05, 0) is 123 Å². The van der Waals surface area contributed by atoms with Gasteiger partial charge in [-0.3, -0.25) is 19.3 Å². The molecule has 3 saturated heterocycles. The first-order chi connectivity index (χ1) is 35.9. The first kappa shape index (κ1) is 53.8. The van der Waals surface area contributed by atoms with Crippen LogP contribution >= 0.6 is 22.9 Å². The Morgan fingerprint density at radius 1 is 0.947 bits per heavy atom. The van der Waals surface area contributed by atoms with Gasteiger partial charge < -0.3 is 40.1 Å². The van der Waals surface area contributed by atoms with Crippen molar-refractivity contribution >= 4 is 68.2 Å². The number of aromatic hydroxyl groups is 1. The maximum Gasteiger partial charge on any atom is 0.319 e. The Morgan fingerprint density at radius 3 is 2.39 bits per heavy atom. The summed E-state index contributed by atoms with van der Waals surface area (Å²) in [7, 11) is 0. The van der Waals surface area contributed by atoms with Crippen molar-refractivity contribution in [2.24, 2.45) is 11.3 Å². The first-order valence-corrected chi connectivity index (χ1v) is 27.4. The minimum atomic E-state index is -0.974. The van der Waals surface area contributed by atoms with Crippen LogP contribution in [0.5, 0.6) is 11.8 Å². The van der Waals surface area contributed by atoms with Gasteiger partial charge >= 0.3 is 6.01 Å². The maximum atomic E-state index is 17.0. The normalized spacial score (nSPS) is 19.1. The molecule has 75 heavy (non-hydrogen) atoms. The molecule has 6 aromatic rings. The number of nitrogens with one attached hydrogen (secondary N) is 2. The van der Waals surface area contributed by atoms with E-state index in [0.29, 0.717) is 29.9 Å². The SMILES string of the molecule is Cc1ncsc1-c1ccc([C@H](C)NC(=O)[C@@H]2C[C@@H](O)CN2C(=O)[C@@H](NC(=O)COCC2CCN(C[C@@H](C)Oc3nc(N4CCCCC4)c4cc(Cl)c(-c5cc(O)cc6ccccc56)c(F)c4n3)CC2)C(C)(C)C)cc1. The van der Waals surface area contributed by atoms with E-state index >= 15 is 4.39 Å². The maximum absolute atomic E-state index is 17.0. The lowest BCUT2D eigenvalue weighted by molar-refractivity contribution is -0.144. The van der Waals surface area contributed by atoms with E-state index < -0.39 is 41.2 Å². The number of thiazole rings is 1. The average molecular weight is 1060 g/mol. The third-order valence-electron chi connectivity index (χ3n) is 14.8.